The molecule has 1 fully saturated rings. The first-order chi connectivity index (χ1) is 9.51. The van der Waals surface area contributed by atoms with E-state index < -0.39 is 10.8 Å². The van der Waals surface area contributed by atoms with Crippen LogP contribution in [0, 0.1) is 16.0 Å². The van der Waals surface area contributed by atoms with E-state index >= 15 is 0 Å². The molecule has 0 saturated heterocycles. The highest BCUT2D eigenvalue weighted by atomic mass is 16.6. The molecule has 1 aliphatic rings. The van der Waals surface area contributed by atoms with Gasteiger partial charge in [-0.05, 0) is 31.4 Å². The van der Waals surface area contributed by atoms with Crippen molar-refractivity contribution in [1.82, 2.24) is 5.32 Å². The molecular weight excluding hydrogens is 260 g/mol. The van der Waals surface area contributed by atoms with E-state index in [9.17, 15) is 14.9 Å². The molecule has 20 heavy (non-hydrogen) atoms. The van der Waals surface area contributed by atoms with Crippen molar-refractivity contribution < 1.29 is 9.72 Å². The molecule has 7 nitrogen and oxygen atoms in total. The Morgan fingerprint density at radius 2 is 2.25 bits per heavy atom. The van der Waals surface area contributed by atoms with Gasteiger partial charge in [-0.3, -0.25) is 20.8 Å². The summed E-state index contributed by atoms with van der Waals surface area (Å²) in [7, 11) is 0. The Bertz CT molecular complexity index is 528. The zero-order chi connectivity index (χ0) is 14.7. The Labute approximate surface area is 116 Å². The molecule has 1 unspecified atom stereocenters. The Morgan fingerprint density at radius 1 is 1.55 bits per heavy atom. The molecule has 4 N–H and O–H groups in total. The largest absolute Gasteiger partial charge is 0.349 e. The van der Waals surface area contributed by atoms with Crippen molar-refractivity contribution in [1.29, 1.82) is 0 Å². The number of rotatable bonds is 6. The van der Waals surface area contributed by atoms with E-state index in [1.165, 1.54) is 31.0 Å². The lowest BCUT2D eigenvalue weighted by Crippen LogP contribution is -2.33. The van der Waals surface area contributed by atoms with E-state index in [1.54, 1.807) is 0 Å². The molecule has 7 heteroatoms. The topological polar surface area (TPSA) is 110 Å². The number of carbonyl (C=O) groups is 1. The van der Waals surface area contributed by atoms with Crippen molar-refractivity contribution in [3.8, 4) is 0 Å². The zero-order valence-electron chi connectivity index (χ0n) is 11.3. The summed E-state index contributed by atoms with van der Waals surface area (Å²) in [6.45, 7) is 1.91. The van der Waals surface area contributed by atoms with Gasteiger partial charge in [0.05, 0.1) is 4.92 Å². The Morgan fingerprint density at radius 3 is 2.80 bits per heavy atom. The predicted molar refractivity (Wildman–Crippen MR) is 75.2 cm³/mol. The lowest BCUT2D eigenvalue weighted by molar-refractivity contribution is -0.385. The van der Waals surface area contributed by atoms with Gasteiger partial charge in [-0.2, -0.15) is 0 Å². The number of nitro benzene ring substituents is 1. The molecule has 0 radical (unpaired) electrons. The summed E-state index contributed by atoms with van der Waals surface area (Å²) >= 11 is 0. The van der Waals surface area contributed by atoms with Gasteiger partial charge in [0.1, 0.15) is 5.56 Å². The van der Waals surface area contributed by atoms with Gasteiger partial charge in [0.15, 0.2) is 0 Å². The zero-order valence-corrected chi connectivity index (χ0v) is 11.3. The van der Waals surface area contributed by atoms with Crippen molar-refractivity contribution in [3.63, 3.8) is 0 Å². The maximum atomic E-state index is 12.2. The summed E-state index contributed by atoms with van der Waals surface area (Å²) in [6.07, 6.45) is 3.31. The Hall–Kier alpha value is -2.15. The van der Waals surface area contributed by atoms with Crippen LogP contribution < -0.4 is 16.6 Å². The van der Waals surface area contributed by atoms with E-state index in [0.29, 0.717) is 11.6 Å². The Kier molecular flexibility index (Phi) is 4.19. The van der Waals surface area contributed by atoms with Crippen LogP contribution in [0.5, 0.6) is 0 Å². The summed E-state index contributed by atoms with van der Waals surface area (Å²) in [5.41, 5.74) is 2.63. The molecule has 0 heterocycles. The minimum atomic E-state index is -0.569. The number of nitrogen functional groups attached to an aromatic ring is 1. The first-order valence-electron chi connectivity index (χ1n) is 6.57. The molecule has 0 bridgehead atoms. The maximum Gasteiger partial charge on any atom is 0.282 e. The standard InChI is InChI=1S/C13H18N4O3/c1-8(6-9-2-3-9)15-13(18)11-7-10(16-14)4-5-12(11)17(19)20/h4-5,7-9,16H,2-3,6,14H2,1H3,(H,15,18). The van der Waals surface area contributed by atoms with Crippen LogP contribution in [0.4, 0.5) is 11.4 Å². The van der Waals surface area contributed by atoms with Crippen LogP contribution in [-0.2, 0) is 0 Å². The summed E-state index contributed by atoms with van der Waals surface area (Å²) in [4.78, 5) is 22.6. The molecule has 1 aliphatic carbocycles. The van der Waals surface area contributed by atoms with Gasteiger partial charge in [-0.15, -0.1) is 0 Å². The number of nitrogens with two attached hydrogens (primary N) is 1. The van der Waals surface area contributed by atoms with Crippen LogP contribution in [0.15, 0.2) is 18.2 Å². The summed E-state index contributed by atoms with van der Waals surface area (Å²) in [6, 6.07) is 4.12. The molecule has 108 valence electrons. The fraction of sp³-hybridized carbons (Fsp3) is 0.462. The second-order valence-corrected chi connectivity index (χ2v) is 5.19. The minimum Gasteiger partial charge on any atom is -0.349 e. The van der Waals surface area contributed by atoms with E-state index in [-0.39, 0.29) is 17.3 Å². The van der Waals surface area contributed by atoms with Gasteiger partial charge in [0.2, 0.25) is 0 Å². The van der Waals surface area contributed by atoms with E-state index in [1.807, 2.05) is 6.92 Å². The van der Waals surface area contributed by atoms with Gasteiger partial charge in [-0.1, -0.05) is 12.8 Å². The second-order valence-electron chi connectivity index (χ2n) is 5.19. The van der Waals surface area contributed by atoms with Gasteiger partial charge in [-0.25, -0.2) is 0 Å². The third kappa shape index (κ3) is 3.45. The second kappa shape index (κ2) is 5.87. The van der Waals surface area contributed by atoms with Crippen LogP contribution in [0.3, 0.4) is 0 Å². The quantitative estimate of drug-likeness (QED) is 0.417. The first-order valence-corrected chi connectivity index (χ1v) is 6.57. The molecule has 1 aromatic carbocycles. The predicted octanol–water partition coefficient (Wildman–Crippen LogP) is 1.80. The van der Waals surface area contributed by atoms with E-state index in [0.717, 1.165) is 6.42 Å². The van der Waals surface area contributed by atoms with E-state index in [4.69, 9.17) is 5.84 Å². The molecule has 1 amide bonds. The summed E-state index contributed by atoms with van der Waals surface area (Å²) < 4.78 is 0. The van der Waals surface area contributed by atoms with Crippen molar-refractivity contribution in [2.45, 2.75) is 32.2 Å². The third-order valence-electron chi connectivity index (χ3n) is 3.37. The lowest BCUT2D eigenvalue weighted by atomic mass is 10.1. The van der Waals surface area contributed by atoms with Crippen LogP contribution in [0.25, 0.3) is 0 Å². The highest BCUT2D eigenvalue weighted by Crippen LogP contribution is 2.33. The summed E-state index contributed by atoms with van der Waals surface area (Å²) in [5.74, 6) is 5.50. The number of anilines is 1. The number of amides is 1. The monoisotopic (exact) mass is 278 g/mol. The van der Waals surface area contributed by atoms with E-state index in [2.05, 4.69) is 10.7 Å². The number of nitrogens with one attached hydrogen (secondary N) is 2. The van der Waals surface area contributed by atoms with Crippen molar-refractivity contribution in [3.05, 3.63) is 33.9 Å². The van der Waals surface area contributed by atoms with Crippen LogP contribution in [-0.4, -0.2) is 16.9 Å². The fourth-order valence-electron chi connectivity index (χ4n) is 2.18. The smallest absolute Gasteiger partial charge is 0.282 e. The number of carbonyl (C=O) groups excluding carboxylic acids is 1. The molecular formula is C13H18N4O3. The Balaban J connectivity index is 2.15. The number of hydrogen-bond acceptors (Lipinski definition) is 5. The van der Waals surface area contributed by atoms with Crippen LogP contribution >= 0.6 is 0 Å². The van der Waals surface area contributed by atoms with Gasteiger partial charge >= 0.3 is 0 Å². The van der Waals surface area contributed by atoms with Gasteiger partial charge < -0.3 is 10.7 Å². The normalized spacial score (nSPS) is 15.5. The average Bonchev–Trinajstić information content (AvgIpc) is 3.21. The number of benzene rings is 1. The lowest BCUT2D eigenvalue weighted by Gasteiger charge is -2.14. The molecule has 0 aromatic heterocycles. The SMILES string of the molecule is CC(CC1CC1)NC(=O)c1cc(NN)ccc1[N+](=O)[O-]. The summed E-state index contributed by atoms with van der Waals surface area (Å²) in [5, 5.41) is 13.8. The fourth-order valence-corrected chi connectivity index (χ4v) is 2.18. The molecule has 1 atom stereocenters. The van der Waals surface area contributed by atoms with Gasteiger partial charge in [0, 0.05) is 17.8 Å². The highest BCUT2D eigenvalue weighted by molar-refractivity contribution is 5.99. The maximum absolute atomic E-state index is 12.2. The van der Waals surface area contributed by atoms with Crippen molar-refractivity contribution in [2.24, 2.45) is 11.8 Å². The average molecular weight is 278 g/mol. The van der Waals surface area contributed by atoms with Crippen molar-refractivity contribution in [2.75, 3.05) is 5.43 Å². The first kappa shape index (κ1) is 14.3. The third-order valence-corrected chi connectivity index (χ3v) is 3.37. The molecule has 0 spiro atoms. The number of nitro groups is 1. The highest BCUT2D eigenvalue weighted by Gasteiger charge is 2.26. The van der Waals surface area contributed by atoms with Crippen molar-refractivity contribution >= 4 is 17.3 Å². The number of hydrazine groups is 1. The van der Waals surface area contributed by atoms with Gasteiger partial charge in [0.25, 0.3) is 11.6 Å². The van der Waals surface area contributed by atoms with Crippen LogP contribution in [0.1, 0.15) is 36.5 Å². The molecule has 1 aromatic rings. The molecule has 2 rings (SSSR count). The van der Waals surface area contributed by atoms with Crippen LogP contribution in [0.2, 0.25) is 0 Å². The molecule has 1 saturated carbocycles. The number of nitrogens with zero attached hydrogens (tertiary/aromatic N) is 1. The molecule has 0 aliphatic heterocycles. The minimum absolute atomic E-state index is 0.00379. The number of hydrogen-bond donors (Lipinski definition) is 3.